The molecule has 3 aromatic rings. The van der Waals surface area contributed by atoms with Gasteiger partial charge < -0.3 is 29.3 Å². The molecule has 0 spiro atoms. The van der Waals surface area contributed by atoms with Crippen LogP contribution in [0.3, 0.4) is 0 Å². The van der Waals surface area contributed by atoms with E-state index in [0.717, 1.165) is 16.7 Å². The molecule has 0 aromatic heterocycles. The van der Waals surface area contributed by atoms with Crippen molar-refractivity contribution in [2.24, 2.45) is 0 Å². The Morgan fingerprint density at radius 3 is 1.70 bits per heavy atom. The molecule has 0 aliphatic heterocycles. The van der Waals surface area contributed by atoms with Crippen molar-refractivity contribution in [1.29, 1.82) is 0 Å². The van der Waals surface area contributed by atoms with Crippen LogP contribution in [-0.4, -0.2) is 20.2 Å². The van der Waals surface area contributed by atoms with Crippen molar-refractivity contribution in [2.45, 2.75) is 78.6 Å². The monoisotopic (exact) mass is 526 g/mol. The van der Waals surface area contributed by atoms with Gasteiger partial charge >= 0.3 is 8.60 Å². The number of rotatable bonds is 5. The van der Waals surface area contributed by atoms with E-state index in [-0.39, 0.29) is 28.1 Å². The summed E-state index contributed by atoms with van der Waals surface area (Å²) in [6.07, 6.45) is 0. The van der Waals surface area contributed by atoms with Gasteiger partial charge in [-0.15, -0.1) is 0 Å². The Bertz CT molecular complexity index is 1260. The standard InChI is InChI=1S/C30H39O6P/c1-28(2,3)21-17-24(33)22(29(4,5)6)16-20(21)26-23(32)14-15-25(27(26)30(7,8)9)36-37(34)35-19-12-10-18(31)11-13-19/h10-17,31-34H,1-9H3. The Hall–Kier alpha value is -2.95. The molecule has 1 unspecified atom stereocenters. The third-order valence-corrected chi connectivity index (χ3v) is 6.83. The van der Waals surface area contributed by atoms with Crippen LogP contribution in [0, 0.1) is 0 Å². The summed E-state index contributed by atoms with van der Waals surface area (Å²) in [6, 6.07) is 12.9. The lowest BCUT2D eigenvalue weighted by molar-refractivity contribution is 0.375. The van der Waals surface area contributed by atoms with Crippen molar-refractivity contribution in [2.75, 3.05) is 0 Å². The maximum atomic E-state index is 11.3. The molecule has 0 heterocycles. The highest BCUT2D eigenvalue weighted by atomic mass is 31.2. The van der Waals surface area contributed by atoms with Crippen LogP contribution >= 0.6 is 8.60 Å². The summed E-state index contributed by atoms with van der Waals surface area (Å²) in [6.45, 7) is 18.3. The second-order valence-corrected chi connectivity index (χ2v) is 13.3. The first-order valence-electron chi connectivity index (χ1n) is 12.3. The first kappa shape index (κ1) is 28.6. The second kappa shape index (κ2) is 10.1. The lowest BCUT2D eigenvalue weighted by Gasteiger charge is -2.32. The van der Waals surface area contributed by atoms with Gasteiger partial charge in [-0.2, -0.15) is 0 Å². The molecule has 6 nitrogen and oxygen atoms in total. The third-order valence-electron chi connectivity index (χ3n) is 6.11. The van der Waals surface area contributed by atoms with Crippen molar-refractivity contribution < 1.29 is 29.3 Å². The molecule has 7 heteroatoms. The summed E-state index contributed by atoms with van der Waals surface area (Å²) in [7, 11) is -2.36. The molecular formula is C30H39O6P. The zero-order chi connectivity index (χ0) is 27.9. The summed E-state index contributed by atoms with van der Waals surface area (Å²) in [5.74, 6) is 1.12. The summed E-state index contributed by atoms with van der Waals surface area (Å²) < 4.78 is 11.5. The van der Waals surface area contributed by atoms with Crippen LogP contribution in [0.15, 0.2) is 48.5 Å². The Kier molecular flexibility index (Phi) is 7.79. The predicted molar refractivity (Wildman–Crippen MR) is 150 cm³/mol. The van der Waals surface area contributed by atoms with Gasteiger partial charge in [0, 0.05) is 11.1 Å². The number of aromatic hydroxyl groups is 3. The highest BCUT2D eigenvalue weighted by molar-refractivity contribution is 7.41. The molecule has 200 valence electrons. The lowest BCUT2D eigenvalue weighted by Crippen LogP contribution is -2.19. The molecule has 37 heavy (non-hydrogen) atoms. The number of phenolic OH excluding ortho intramolecular Hbond substituents is 3. The molecule has 0 saturated heterocycles. The summed E-state index contributed by atoms with van der Waals surface area (Å²) in [4.78, 5) is 10.7. The van der Waals surface area contributed by atoms with Crippen molar-refractivity contribution in [3.05, 3.63) is 65.2 Å². The first-order chi connectivity index (χ1) is 16.9. The first-order valence-corrected chi connectivity index (χ1v) is 13.4. The normalized spacial score (nSPS) is 13.4. The fourth-order valence-electron chi connectivity index (χ4n) is 4.38. The van der Waals surface area contributed by atoms with E-state index < -0.39 is 14.0 Å². The largest absolute Gasteiger partial charge is 0.508 e. The van der Waals surface area contributed by atoms with E-state index in [1.54, 1.807) is 18.2 Å². The molecule has 1 atom stereocenters. The van der Waals surface area contributed by atoms with Crippen LogP contribution < -0.4 is 9.05 Å². The molecule has 3 rings (SSSR count). The van der Waals surface area contributed by atoms with Gasteiger partial charge in [-0.25, -0.2) is 0 Å². The van der Waals surface area contributed by atoms with Crippen LogP contribution in [0.25, 0.3) is 11.1 Å². The van der Waals surface area contributed by atoms with Crippen LogP contribution in [0.4, 0.5) is 0 Å². The topological polar surface area (TPSA) is 99.4 Å². The van der Waals surface area contributed by atoms with Gasteiger partial charge in [0.2, 0.25) is 0 Å². The molecule has 0 aliphatic carbocycles. The van der Waals surface area contributed by atoms with E-state index in [0.29, 0.717) is 22.6 Å². The molecular weight excluding hydrogens is 487 g/mol. The van der Waals surface area contributed by atoms with Crippen LogP contribution in [-0.2, 0) is 16.2 Å². The number of phenols is 3. The summed E-state index contributed by atoms with van der Waals surface area (Å²) in [5.41, 5.74) is 2.57. The quantitative estimate of drug-likeness (QED) is 0.251. The number of benzene rings is 3. The Morgan fingerprint density at radius 2 is 1.19 bits per heavy atom. The Labute approximate surface area is 221 Å². The molecule has 0 fully saturated rings. The van der Waals surface area contributed by atoms with E-state index in [4.69, 9.17) is 9.05 Å². The Morgan fingerprint density at radius 1 is 0.622 bits per heavy atom. The van der Waals surface area contributed by atoms with Gasteiger partial charge in [0.25, 0.3) is 0 Å². The van der Waals surface area contributed by atoms with Crippen LogP contribution in [0.2, 0.25) is 0 Å². The van der Waals surface area contributed by atoms with E-state index in [2.05, 4.69) is 20.8 Å². The predicted octanol–water partition coefficient (Wildman–Crippen LogP) is 8.04. The lowest BCUT2D eigenvalue weighted by atomic mass is 9.74. The maximum absolute atomic E-state index is 11.3. The van der Waals surface area contributed by atoms with Gasteiger partial charge in [0.05, 0.1) is 0 Å². The summed E-state index contributed by atoms with van der Waals surface area (Å²) >= 11 is 0. The minimum absolute atomic E-state index is 0.0787. The second-order valence-electron chi connectivity index (χ2n) is 12.4. The van der Waals surface area contributed by atoms with E-state index in [1.165, 1.54) is 24.3 Å². The van der Waals surface area contributed by atoms with E-state index in [1.807, 2.05) is 47.6 Å². The van der Waals surface area contributed by atoms with Crippen LogP contribution in [0.1, 0.15) is 79.0 Å². The SMILES string of the molecule is CC(C)(C)c1cc(-c2c(O)ccc(OP(O)Oc3ccc(O)cc3)c2C(C)(C)C)c(C(C)(C)C)cc1O. The molecule has 0 radical (unpaired) electrons. The van der Waals surface area contributed by atoms with Crippen LogP contribution in [0.5, 0.6) is 28.7 Å². The zero-order valence-electron chi connectivity index (χ0n) is 23.2. The molecule has 0 bridgehead atoms. The van der Waals surface area contributed by atoms with Crippen molar-refractivity contribution in [3.63, 3.8) is 0 Å². The molecule has 3 aromatic carbocycles. The average molecular weight is 527 g/mol. The minimum atomic E-state index is -2.36. The van der Waals surface area contributed by atoms with Gasteiger partial charge in [-0.1, -0.05) is 62.3 Å². The van der Waals surface area contributed by atoms with Crippen molar-refractivity contribution in [3.8, 4) is 39.9 Å². The number of hydrogen-bond acceptors (Lipinski definition) is 6. The zero-order valence-corrected chi connectivity index (χ0v) is 24.1. The third kappa shape index (κ3) is 6.49. The highest BCUT2D eigenvalue weighted by Gasteiger charge is 2.33. The number of hydrogen-bond donors (Lipinski definition) is 4. The van der Waals surface area contributed by atoms with Gasteiger partial charge in [-0.3, -0.25) is 0 Å². The molecule has 4 N–H and O–H groups in total. The molecule has 0 saturated carbocycles. The van der Waals surface area contributed by atoms with E-state index >= 15 is 0 Å². The fourth-order valence-corrected chi connectivity index (χ4v) is 5.04. The van der Waals surface area contributed by atoms with Gasteiger partial charge in [-0.05, 0) is 81.5 Å². The van der Waals surface area contributed by atoms with Gasteiger partial charge in [0.15, 0.2) is 0 Å². The average Bonchev–Trinajstić information content (AvgIpc) is 2.74. The maximum Gasteiger partial charge on any atom is 0.460 e. The summed E-state index contributed by atoms with van der Waals surface area (Å²) in [5, 5.41) is 31.7. The molecule has 0 amide bonds. The fraction of sp³-hybridized carbons (Fsp3) is 0.400. The smallest absolute Gasteiger partial charge is 0.460 e. The van der Waals surface area contributed by atoms with Gasteiger partial charge in [0.1, 0.15) is 28.7 Å². The molecule has 0 aliphatic rings. The minimum Gasteiger partial charge on any atom is -0.508 e. The Balaban J connectivity index is 2.24. The highest BCUT2D eigenvalue weighted by Crippen LogP contribution is 2.51. The van der Waals surface area contributed by atoms with Crippen molar-refractivity contribution in [1.82, 2.24) is 0 Å². The van der Waals surface area contributed by atoms with Crippen molar-refractivity contribution >= 4 is 8.60 Å². The van der Waals surface area contributed by atoms with E-state index in [9.17, 15) is 20.2 Å².